The van der Waals surface area contributed by atoms with Gasteiger partial charge in [-0.3, -0.25) is 0 Å². The van der Waals surface area contributed by atoms with E-state index in [-0.39, 0.29) is 4.90 Å². The van der Waals surface area contributed by atoms with Crippen molar-refractivity contribution in [3.63, 3.8) is 0 Å². The van der Waals surface area contributed by atoms with Crippen molar-refractivity contribution in [2.75, 3.05) is 11.6 Å². The van der Waals surface area contributed by atoms with Crippen LogP contribution in [0.4, 0.5) is 5.69 Å². The van der Waals surface area contributed by atoms with E-state index >= 15 is 0 Å². The lowest BCUT2D eigenvalue weighted by Gasteiger charge is -2.14. The van der Waals surface area contributed by atoms with Gasteiger partial charge in [-0.1, -0.05) is 32.0 Å². The number of tetrazole rings is 1. The Bertz CT molecular complexity index is 994. The van der Waals surface area contributed by atoms with Gasteiger partial charge in [-0.05, 0) is 52.2 Å². The molecule has 7 nitrogen and oxygen atoms in total. The summed E-state index contributed by atoms with van der Waals surface area (Å²) in [5, 5.41) is 15.2. The third-order valence-electron chi connectivity index (χ3n) is 4.06. The standard InChI is InChI=1S/C18H21N5O2S/c1-13(2)16-6-4-5-7-17(16)19-12-18-20-21-22-23(18)14-8-10-15(11-9-14)26(3,24)25/h4-11,13,19H,12H2,1-3H3. The molecule has 0 saturated carbocycles. The van der Waals surface area contributed by atoms with Crippen molar-refractivity contribution >= 4 is 15.5 Å². The Kier molecular flexibility index (Phi) is 5.03. The van der Waals surface area contributed by atoms with E-state index in [0.29, 0.717) is 24.0 Å². The van der Waals surface area contributed by atoms with Gasteiger partial charge in [-0.2, -0.15) is 4.68 Å². The summed E-state index contributed by atoms with van der Waals surface area (Å²) in [6.45, 7) is 4.74. The van der Waals surface area contributed by atoms with Gasteiger partial charge in [0.05, 0.1) is 17.1 Å². The Labute approximate surface area is 153 Å². The van der Waals surface area contributed by atoms with Crippen molar-refractivity contribution in [2.45, 2.75) is 31.2 Å². The fourth-order valence-electron chi connectivity index (χ4n) is 2.69. The smallest absolute Gasteiger partial charge is 0.175 e. The lowest BCUT2D eigenvalue weighted by molar-refractivity contribution is 0.602. The molecular formula is C18H21N5O2S. The molecule has 136 valence electrons. The second-order valence-corrected chi connectivity index (χ2v) is 8.38. The van der Waals surface area contributed by atoms with E-state index in [1.165, 1.54) is 11.8 Å². The monoisotopic (exact) mass is 371 g/mol. The SMILES string of the molecule is CC(C)c1ccccc1NCc1nnnn1-c1ccc(S(C)(=O)=O)cc1. The summed E-state index contributed by atoms with van der Waals surface area (Å²) < 4.78 is 24.8. The van der Waals surface area contributed by atoms with Crippen LogP contribution in [0.25, 0.3) is 5.69 Å². The minimum Gasteiger partial charge on any atom is -0.377 e. The predicted molar refractivity (Wildman–Crippen MR) is 100 cm³/mol. The first kappa shape index (κ1) is 18.1. The van der Waals surface area contributed by atoms with Gasteiger partial charge in [0.2, 0.25) is 0 Å². The van der Waals surface area contributed by atoms with Crippen LogP contribution in [-0.2, 0) is 16.4 Å². The van der Waals surface area contributed by atoms with Crippen LogP contribution < -0.4 is 5.32 Å². The van der Waals surface area contributed by atoms with Crippen molar-refractivity contribution in [3.05, 3.63) is 59.9 Å². The number of rotatable bonds is 6. The first-order chi connectivity index (χ1) is 12.4. The Morgan fingerprint density at radius 3 is 2.42 bits per heavy atom. The van der Waals surface area contributed by atoms with Gasteiger partial charge in [0.15, 0.2) is 15.7 Å². The number of benzene rings is 2. The maximum atomic E-state index is 11.6. The molecule has 0 aliphatic heterocycles. The molecule has 3 aromatic rings. The summed E-state index contributed by atoms with van der Waals surface area (Å²) in [7, 11) is -3.23. The van der Waals surface area contributed by atoms with Gasteiger partial charge in [0.25, 0.3) is 0 Å². The van der Waals surface area contributed by atoms with Crippen LogP contribution in [-0.4, -0.2) is 34.9 Å². The van der Waals surface area contributed by atoms with Crippen LogP contribution >= 0.6 is 0 Å². The molecule has 3 rings (SSSR count). The number of aromatic nitrogens is 4. The molecule has 0 saturated heterocycles. The largest absolute Gasteiger partial charge is 0.377 e. The van der Waals surface area contributed by atoms with Crippen LogP contribution in [0.2, 0.25) is 0 Å². The molecule has 1 aromatic heterocycles. The second-order valence-electron chi connectivity index (χ2n) is 6.37. The molecule has 1 heterocycles. The van der Waals surface area contributed by atoms with Crippen LogP contribution in [0.3, 0.4) is 0 Å². The normalized spacial score (nSPS) is 11.7. The highest BCUT2D eigenvalue weighted by Crippen LogP contribution is 2.24. The fraction of sp³-hybridized carbons (Fsp3) is 0.278. The highest BCUT2D eigenvalue weighted by Gasteiger charge is 2.12. The Balaban J connectivity index is 1.82. The minimum atomic E-state index is -3.23. The van der Waals surface area contributed by atoms with E-state index in [1.807, 2.05) is 18.2 Å². The molecule has 0 unspecified atom stereocenters. The number of nitrogens with zero attached hydrogens (tertiary/aromatic N) is 4. The van der Waals surface area contributed by atoms with Gasteiger partial charge in [0, 0.05) is 11.9 Å². The van der Waals surface area contributed by atoms with E-state index in [4.69, 9.17) is 0 Å². The van der Waals surface area contributed by atoms with Gasteiger partial charge in [0.1, 0.15) is 0 Å². The lowest BCUT2D eigenvalue weighted by atomic mass is 10.0. The summed E-state index contributed by atoms with van der Waals surface area (Å²) in [4.78, 5) is 0.264. The molecule has 0 aliphatic carbocycles. The zero-order chi connectivity index (χ0) is 18.7. The minimum absolute atomic E-state index is 0.264. The highest BCUT2D eigenvalue weighted by molar-refractivity contribution is 7.90. The maximum Gasteiger partial charge on any atom is 0.175 e. The first-order valence-corrected chi connectivity index (χ1v) is 10.2. The quantitative estimate of drug-likeness (QED) is 0.717. The molecule has 0 fully saturated rings. The van der Waals surface area contributed by atoms with E-state index in [9.17, 15) is 8.42 Å². The summed E-state index contributed by atoms with van der Waals surface area (Å²) in [5.74, 6) is 1.04. The number of hydrogen-bond acceptors (Lipinski definition) is 6. The fourth-order valence-corrected chi connectivity index (χ4v) is 3.32. The molecule has 1 N–H and O–H groups in total. The van der Waals surface area contributed by atoms with Crippen molar-refractivity contribution < 1.29 is 8.42 Å². The van der Waals surface area contributed by atoms with Crippen LogP contribution in [0.1, 0.15) is 31.2 Å². The molecule has 0 aliphatic rings. The van der Waals surface area contributed by atoms with E-state index < -0.39 is 9.84 Å². The van der Waals surface area contributed by atoms with Crippen LogP contribution in [0, 0.1) is 0 Å². The third-order valence-corrected chi connectivity index (χ3v) is 5.19. The van der Waals surface area contributed by atoms with E-state index in [0.717, 1.165) is 5.69 Å². The molecule has 0 amide bonds. The van der Waals surface area contributed by atoms with Gasteiger partial charge in [-0.25, -0.2) is 8.42 Å². The topological polar surface area (TPSA) is 89.8 Å². The molecule has 0 bridgehead atoms. The summed E-state index contributed by atoms with van der Waals surface area (Å²) in [6.07, 6.45) is 1.18. The van der Waals surface area contributed by atoms with Crippen molar-refractivity contribution in [1.82, 2.24) is 20.2 Å². The Hall–Kier alpha value is -2.74. The average Bonchev–Trinajstić information content (AvgIpc) is 3.08. The van der Waals surface area contributed by atoms with Crippen LogP contribution in [0.5, 0.6) is 0 Å². The zero-order valence-electron chi connectivity index (χ0n) is 14.9. The van der Waals surface area contributed by atoms with Crippen molar-refractivity contribution in [2.24, 2.45) is 0 Å². The molecule has 2 aromatic carbocycles. The van der Waals surface area contributed by atoms with E-state index in [2.05, 4.69) is 40.8 Å². The van der Waals surface area contributed by atoms with Gasteiger partial charge >= 0.3 is 0 Å². The molecule has 0 atom stereocenters. The van der Waals surface area contributed by atoms with E-state index in [1.54, 1.807) is 28.9 Å². The Morgan fingerprint density at radius 1 is 1.08 bits per heavy atom. The first-order valence-electron chi connectivity index (χ1n) is 8.27. The number of anilines is 1. The number of hydrogen-bond donors (Lipinski definition) is 1. The number of nitrogens with one attached hydrogen (secondary N) is 1. The average molecular weight is 371 g/mol. The molecular weight excluding hydrogens is 350 g/mol. The second kappa shape index (κ2) is 7.25. The van der Waals surface area contributed by atoms with Crippen molar-refractivity contribution in [1.29, 1.82) is 0 Å². The lowest BCUT2D eigenvalue weighted by Crippen LogP contribution is -2.10. The van der Waals surface area contributed by atoms with Crippen molar-refractivity contribution in [3.8, 4) is 5.69 Å². The molecule has 26 heavy (non-hydrogen) atoms. The molecule has 8 heteroatoms. The molecule has 0 radical (unpaired) electrons. The summed E-state index contributed by atoms with van der Waals surface area (Å²) in [6, 6.07) is 14.6. The predicted octanol–water partition coefficient (Wildman–Crippen LogP) is 2.80. The summed E-state index contributed by atoms with van der Waals surface area (Å²) >= 11 is 0. The van der Waals surface area contributed by atoms with Gasteiger partial charge < -0.3 is 5.32 Å². The van der Waals surface area contributed by atoms with Crippen LogP contribution in [0.15, 0.2) is 53.4 Å². The zero-order valence-corrected chi connectivity index (χ0v) is 15.7. The van der Waals surface area contributed by atoms with Gasteiger partial charge in [-0.15, -0.1) is 5.10 Å². The molecule has 0 spiro atoms. The Morgan fingerprint density at radius 2 is 1.77 bits per heavy atom. The highest BCUT2D eigenvalue weighted by atomic mass is 32.2. The maximum absolute atomic E-state index is 11.6. The summed E-state index contributed by atoms with van der Waals surface area (Å²) in [5.41, 5.74) is 2.98. The number of sulfone groups is 1. The number of para-hydroxylation sites is 1. The third kappa shape index (κ3) is 3.91.